The smallest absolute Gasteiger partial charge is 0.325 e. The van der Waals surface area contributed by atoms with Gasteiger partial charge in [0, 0.05) is 25.1 Å². The Labute approximate surface area is 135 Å². The number of nitrogens with zero attached hydrogens (tertiary/aromatic N) is 1. The number of anilines is 1. The number of benzene rings is 1. The second kappa shape index (κ2) is 7.76. The summed E-state index contributed by atoms with van der Waals surface area (Å²) < 4.78 is 4.82. The zero-order valence-electron chi connectivity index (χ0n) is 13.5. The predicted octanol–water partition coefficient (Wildman–Crippen LogP) is 1.60. The van der Waals surface area contributed by atoms with Crippen molar-refractivity contribution in [3.8, 4) is 0 Å². The van der Waals surface area contributed by atoms with Gasteiger partial charge in [-0.15, -0.1) is 0 Å². The summed E-state index contributed by atoms with van der Waals surface area (Å²) in [5.41, 5.74) is 1.93. The Kier molecular flexibility index (Phi) is 5.73. The first-order valence-corrected chi connectivity index (χ1v) is 7.79. The van der Waals surface area contributed by atoms with Crippen LogP contribution in [0.5, 0.6) is 0 Å². The fraction of sp³-hybridized carbons (Fsp3) is 0.471. The van der Waals surface area contributed by atoms with Gasteiger partial charge in [0.1, 0.15) is 6.54 Å². The van der Waals surface area contributed by atoms with Crippen molar-refractivity contribution in [2.75, 3.05) is 25.5 Å². The Morgan fingerprint density at radius 2 is 2.09 bits per heavy atom. The van der Waals surface area contributed by atoms with Crippen LogP contribution in [0.3, 0.4) is 0 Å². The molecule has 1 aliphatic heterocycles. The molecule has 0 radical (unpaired) electrons. The van der Waals surface area contributed by atoms with E-state index in [-0.39, 0.29) is 30.7 Å². The van der Waals surface area contributed by atoms with Gasteiger partial charge in [0.2, 0.25) is 11.8 Å². The number of ether oxygens (including phenoxy) is 1. The molecule has 1 aromatic rings. The monoisotopic (exact) mass is 318 g/mol. The molecule has 0 saturated carbocycles. The maximum absolute atomic E-state index is 12.1. The standard InChI is InChI=1S/C17H22N2O4/c1-3-23-16(21)11-19(2)15(20)9-8-13-10-12-6-4-5-7-14(12)18-17(13)22/h4-7,13H,3,8-11H2,1-2H3,(H,18,22). The number of hydrogen-bond acceptors (Lipinski definition) is 4. The van der Waals surface area contributed by atoms with Gasteiger partial charge in [0.15, 0.2) is 0 Å². The topological polar surface area (TPSA) is 75.7 Å². The number of amides is 2. The van der Waals surface area contributed by atoms with Gasteiger partial charge in [-0.2, -0.15) is 0 Å². The number of nitrogens with one attached hydrogen (secondary N) is 1. The third-order valence-electron chi connectivity index (χ3n) is 3.92. The van der Waals surface area contributed by atoms with Gasteiger partial charge in [-0.05, 0) is 31.4 Å². The molecule has 0 bridgehead atoms. The number of para-hydroxylation sites is 1. The van der Waals surface area contributed by atoms with Crippen LogP contribution in [0.25, 0.3) is 0 Å². The van der Waals surface area contributed by atoms with Crippen LogP contribution in [0.15, 0.2) is 24.3 Å². The van der Waals surface area contributed by atoms with Crippen LogP contribution < -0.4 is 5.32 Å². The number of rotatable bonds is 6. The number of likely N-dealkylation sites (N-methyl/N-ethyl adjacent to an activating group) is 1. The zero-order chi connectivity index (χ0) is 16.8. The van der Waals surface area contributed by atoms with Gasteiger partial charge in [-0.1, -0.05) is 18.2 Å². The highest BCUT2D eigenvalue weighted by Gasteiger charge is 2.26. The second-order valence-electron chi connectivity index (χ2n) is 5.64. The number of esters is 1. The van der Waals surface area contributed by atoms with E-state index in [4.69, 9.17) is 4.74 Å². The fourth-order valence-electron chi connectivity index (χ4n) is 2.62. The summed E-state index contributed by atoms with van der Waals surface area (Å²) in [6.45, 7) is 1.95. The summed E-state index contributed by atoms with van der Waals surface area (Å²) in [6, 6.07) is 7.68. The molecule has 1 unspecified atom stereocenters. The maximum atomic E-state index is 12.1. The number of carbonyl (C=O) groups excluding carboxylic acids is 3. The molecule has 0 fully saturated rings. The average Bonchev–Trinajstić information content (AvgIpc) is 2.52. The summed E-state index contributed by atoms with van der Waals surface area (Å²) in [4.78, 5) is 36.9. The van der Waals surface area contributed by atoms with Crippen LogP contribution in [0.2, 0.25) is 0 Å². The van der Waals surface area contributed by atoms with Gasteiger partial charge in [-0.3, -0.25) is 14.4 Å². The Morgan fingerprint density at radius 3 is 2.83 bits per heavy atom. The summed E-state index contributed by atoms with van der Waals surface area (Å²) in [7, 11) is 1.56. The van der Waals surface area contributed by atoms with Crippen LogP contribution in [0, 0.1) is 5.92 Å². The summed E-state index contributed by atoms with van der Waals surface area (Å²) in [5.74, 6) is -0.855. The molecule has 1 N–H and O–H groups in total. The van der Waals surface area contributed by atoms with Gasteiger partial charge in [0.05, 0.1) is 6.61 Å². The minimum Gasteiger partial charge on any atom is -0.465 e. The third kappa shape index (κ3) is 4.55. The van der Waals surface area contributed by atoms with Gasteiger partial charge >= 0.3 is 5.97 Å². The van der Waals surface area contributed by atoms with E-state index in [1.165, 1.54) is 4.90 Å². The first-order valence-electron chi connectivity index (χ1n) is 7.79. The second-order valence-corrected chi connectivity index (χ2v) is 5.64. The molecule has 0 aromatic heterocycles. The molecular formula is C17H22N2O4. The van der Waals surface area contributed by atoms with Crippen molar-refractivity contribution in [1.82, 2.24) is 4.90 Å². The van der Waals surface area contributed by atoms with E-state index in [2.05, 4.69) is 5.32 Å². The van der Waals surface area contributed by atoms with Crippen molar-refractivity contribution in [3.63, 3.8) is 0 Å². The third-order valence-corrected chi connectivity index (χ3v) is 3.92. The molecule has 1 atom stereocenters. The van der Waals surface area contributed by atoms with Gasteiger partial charge in [0.25, 0.3) is 0 Å². The Balaban J connectivity index is 1.85. The first-order chi connectivity index (χ1) is 11.0. The maximum Gasteiger partial charge on any atom is 0.325 e. The van der Waals surface area contributed by atoms with Crippen LogP contribution in [-0.4, -0.2) is 42.9 Å². The van der Waals surface area contributed by atoms with Crippen LogP contribution >= 0.6 is 0 Å². The Hall–Kier alpha value is -2.37. The zero-order valence-corrected chi connectivity index (χ0v) is 13.5. The van der Waals surface area contributed by atoms with E-state index in [0.717, 1.165) is 11.3 Å². The van der Waals surface area contributed by atoms with E-state index >= 15 is 0 Å². The lowest BCUT2D eigenvalue weighted by Gasteiger charge is -2.25. The summed E-state index contributed by atoms with van der Waals surface area (Å²) in [6.07, 6.45) is 1.33. The number of hydrogen-bond donors (Lipinski definition) is 1. The molecule has 1 heterocycles. The highest BCUT2D eigenvalue weighted by atomic mass is 16.5. The summed E-state index contributed by atoms with van der Waals surface area (Å²) in [5, 5.41) is 2.87. The van der Waals surface area contributed by atoms with Crippen LogP contribution in [-0.2, 0) is 25.5 Å². The van der Waals surface area contributed by atoms with E-state index in [0.29, 0.717) is 19.4 Å². The lowest BCUT2D eigenvalue weighted by atomic mass is 9.89. The van der Waals surface area contributed by atoms with E-state index in [1.54, 1.807) is 14.0 Å². The minimum absolute atomic E-state index is 0.0513. The first kappa shape index (κ1) is 17.0. The minimum atomic E-state index is -0.423. The molecule has 0 saturated heterocycles. The molecule has 2 amide bonds. The summed E-state index contributed by atoms with van der Waals surface area (Å²) >= 11 is 0. The highest BCUT2D eigenvalue weighted by molar-refractivity contribution is 5.96. The Bertz CT molecular complexity index is 600. The normalized spacial score (nSPS) is 16.3. The molecule has 1 aliphatic rings. The molecule has 124 valence electrons. The number of fused-ring (bicyclic) bond motifs is 1. The van der Waals surface area contributed by atoms with Crippen molar-refractivity contribution in [2.45, 2.75) is 26.2 Å². The van der Waals surface area contributed by atoms with Crippen LogP contribution in [0.1, 0.15) is 25.3 Å². The lowest BCUT2D eigenvalue weighted by Crippen LogP contribution is -2.35. The van der Waals surface area contributed by atoms with E-state index in [9.17, 15) is 14.4 Å². The molecular weight excluding hydrogens is 296 g/mol. The van der Waals surface area contributed by atoms with Crippen molar-refractivity contribution in [3.05, 3.63) is 29.8 Å². The molecule has 2 rings (SSSR count). The molecule has 0 spiro atoms. The van der Waals surface area contributed by atoms with E-state index in [1.807, 2.05) is 24.3 Å². The van der Waals surface area contributed by atoms with Crippen molar-refractivity contribution in [2.24, 2.45) is 5.92 Å². The molecule has 6 heteroatoms. The average molecular weight is 318 g/mol. The fourth-order valence-corrected chi connectivity index (χ4v) is 2.62. The van der Waals surface area contributed by atoms with Gasteiger partial charge < -0.3 is 15.0 Å². The number of carbonyl (C=O) groups is 3. The van der Waals surface area contributed by atoms with Crippen molar-refractivity contribution in [1.29, 1.82) is 0 Å². The lowest BCUT2D eigenvalue weighted by molar-refractivity contribution is -0.148. The van der Waals surface area contributed by atoms with Crippen molar-refractivity contribution < 1.29 is 19.1 Å². The van der Waals surface area contributed by atoms with Crippen LogP contribution in [0.4, 0.5) is 5.69 Å². The molecule has 6 nitrogen and oxygen atoms in total. The van der Waals surface area contributed by atoms with Crippen molar-refractivity contribution >= 4 is 23.5 Å². The molecule has 23 heavy (non-hydrogen) atoms. The quantitative estimate of drug-likeness (QED) is 0.808. The predicted molar refractivity (Wildman–Crippen MR) is 85.8 cm³/mol. The SMILES string of the molecule is CCOC(=O)CN(C)C(=O)CCC1Cc2ccccc2NC1=O. The van der Waals surface area contributed by atoms with E-state index < -0.39 is 5.97 Å². The largest absolute Gasteiger partial charge is 0.465 e. The molecule has 1 aromatic carbocycles. The highest BCUT2D eigenvalue weighted by Crippen LogP contribution is 2.27. The molecule has 0 aliphatic carbocycles. The Morgan fingerprint density at radius 1 is 1.35 bits per heavy atom. The van der Waals surface area contributed by atoms with Gasteiger partial charge in [-0.25, -0.2) is 0 Å².